The molecule has 1 aliphatic rings. The molecule has 0 saturated carbocycles. The lowest BCUT2D eigenvalue weighted by molar-refractivity contribution is -0.121. The molecule has 0 unspecified atom stereocenters. The van der Waals surface area contributed by atoms with Gasteiger partial charge in [0.1, 0.15) is 5.71 Å². The van der Waals surface area contributed by atoms with Crippen molar-refractivity contribution in [2.24, 2.45) is 5.10 Å². The van der Waals surface area contributed by atoms with Crippen LogP contribution in [0.15, 0.2) is 28.7 Å². The molecule has 0 atom stereocenters. The smallest absolute Gasteiger partial charge is 0.274 e. The van der Waals surface area contributed by atoms with Crippen LogP contribution < -0.4 is 10.7 Å². The van der Waals surface area contributed by atoms with Gasteiger partial charge in [-0.1, -0.05) is 23.8 Å². The molecule has 4 rings (SSSR count). The topological polar surface area (TPSA) is 101 Å². The zero-order valence-corrected chi connectivity index (χ0v) is 15.1. The number of aryl methyl sites for hydroxylation is 2. The van der Waals surface area contributed by atoms with Crippen LogP contribution in [0.1, 0.15) is 24.0 Å². The molecule has 1 aliphatic heterocycles. The van der Waals surface area contributed by atoms with E-state index in [1.54, 1.807) is 4.52 Å². The number of benzene rings is 1. The second-order valence-corrected chi connectivity index (χ2v) is 6.95. The number of anilines is 1. The minimum atomic E-state index is -0.406. The quantitative estimate of drug-likeness (QED) is 0.740. The van der Waals surface area contributed by atoms with Gasteiger partial charge >= 0.3 is 0 Å². The Morgan fingerprint density at radius 1 is 1.31 bits per heavy atom. The van der Waals surface area contributed by atoms with Crippen LogP contribution >= 0.6 is 11.3 Å². The lowest BCUT2D eigenvalue weighted by Gasteiger charge is -2.10. The van der Waals surface area contributed by atoms with Gasteiger partial charge in [-0.3, -0.25) is 14.9 Å². The van der Waals surface area contributed by atoms with Crippen molar-refractivity contribution in [1.29, 1.82) is 0 Å². The van der Waals surface area contributed by atoms with Crippen molar-refractivity contribution in [1.82, 2.24) is 20.0 Å². The minimum absolute atomic E-state index is 0.194. The number of carbonyl (C=O) groups is 2. The van der Waals surface area contributed by atoms with Crippen LogP contribution in [0, 0.1) is 13.8 Å². The van der Waals surface area contributed by atoms with Gasteiger partial charge in [0, 0.05) is 23.8 Å². The minimum Gasteiger partial charge on any atom is -0.288 e. The third-order valence-electron chi connectivity index (χ3n) is 4.13. The van der Waals surface area contributed by atoms with Gasteiger partial charge in [0.2, 0.25) is 10.9 Å². The molecule has 2 N–H and O–H groups in total. The average Bonchev–Trinajstić information content (AvgIpc) is 3.16. The van der Waals surface area contributed by atoms with Crippen LogP contribution in [0.2, 0.25) is 0 Å². The number of carbonyl (C=O) groups excluding carboxylic acids is 2. The molecule has 2 aromatic heterocycles. The van der Waals surface area contributed by atoms with E-state index in [1.807, 2.05) is 5.38 Å². The van der Waals surface area contributed by atoms with E-state index in [1.165, 1.54) is 16.9 Å². The summed E-state index contributed by atoms with van der Waals surface area (Å²) in [6.45, 7) is 4.11. The van der Waals surface area contributed by atoms with Gasteiger partial charge in [0.15, 0.2) is 0 Å². The normalized spacial score (nSPS) is 14.2. The first kappa shape index (κ1) is 16.4. The van der Waals surface area contributed by atoms with E-state index in [0.717, 1.165) is 16.8 Å². The van der Waals surface area contributed by atoms with Gasteiger partial charge in [-0.25, -0.2) is 9.94 Å². The largest absolute Gasteiger partial charge is 0.288 e. The summed E-state index contributed by atoms with van der Waals surface area (Å²) in [6, 6.07) is 6.24. The van der Waals surface area contributed by atoms with Crippen LogP contribution in [-0.4, -0.2) is 32.1 Å². The summed E-state index contributed by atoms with van der Waals surface area (Å²) in [5, 5.41) is 12.8. The first-order valence-corrected chi connectivity index (χ1v) is 8.98. The SMILES string of the molecule is Cc1ccc(-c2csc3nc(NC(=O)C4=NNC(=O)CC4)nn23)c(C)c1. The van der Waals surface area contributed by atoms with Gasteiger partial charge in [-0.05, 0) is 19.4 Å². The molecule has 132 valence electrons. The molecule has 3 heterocycles. The molecule has 2 amide bonds. The third-order valence-corrected chi connectivity index (χ3v) is 4.95. The van der Waals surface area contributed by atoms with E-state index in [0.29, 0.717) is 11.4 Å². The molecule has 0 bridgehead atoms. The maximum absolute atomic E-state index is 12.2. The van der Waals surface area contributed by atoms with Gasteiger partial charge in [0.25, 0.3) is 11.9 Å². The monoisotopic (exact) mass is 368 g/mol. The molecule has 26 heavy (non-hydrogen) atoms. The third kappa shape index (κ3) is 2.97. The van der Waals surface area contributed by atoms with E-state index in [4.69, 9.17) is 0 Å². The standard InChI is InChI=1S/C17H16N6O2S/c1-9-3-4-11(10(2)7-9)13-8-26-17-19-16(22-23(13)17)18-15(25)12-5-6-14(24)21-20-12/h3-4,7-8H,5-6H2,1-2H3,(H,21,24)(H,18,22,25). The van der Waals surface area contributed by atoms with Crippen LogP contribution in [0.25, 0.3) is 16.2 Å². The summed E-state index contributed by atoms with van der Waals surface area (Å²) in [6.07, 6.45) is 0.544. The molecule has 0 aliphatic carbocycles. The molecule has 0 spiro atoms. The highest BCUT2D eigenvalue weighted by atomic mass is 32.1. The Kier molecular flexibility index (Phi) is 4.00. The molecular formula is C17H16N6O2S. The van der Waals surface area contributed by atoms with Crippen molar-refractivity contribution in [2.45, 2.75) is 26.7 Å². The maximum atomic E-state index is 12.2. The number of hydrogen-bond acceptors (Lipinski definition) is 6. The number of hydrogen-bond donors (Lipinski definition) is 2. The first-order valence-electron chi connectivity index (χ1n) is 8.10. The summed E-state index contributed by atoms with van der Waals surface area (Å²) in [7, 11) is 0. The summed E-state index contributed by atoms with van der Waals surface area (Å²) in [5.74, 6) is -0.385. The number of nitrogens with zero attached hydrogens (tertiary/aromatic N) is 4. The molecule has 1 aromatic carbocycles. The fourth-order valence-corrected chi connectivity index (χ4v) is 3.65. The molecule has 9 heteroatoms. The van der Waals surface area contributed by atoms with Crippen LogP contribution in [-0.2, 0) is 9.59 Å². The Morgan fingerprint density at radius 3 is 2.88 bits per heavy atom. The van der Waals surface area contributed by atoms with E-state index >= 15 is 0 Å². The number of hydrazone groups is 1. The summed E-state index contributed by atoms with van der Waals surface area (Å²) in [4.78, 5) is 28.4. The van der Waals surface area contributed by atoms with Crippen molar-refractivity contribution < 1.29 is 9.59 Å². The Labute approximate surface area is 152 Å². The summed E-state index contributed by atoms with van der Waals surface area (Å²) in [5.41, 5.74) is 6.92. The van der Waals surface area contributed by atoms with E-state index in [-0.39, 0.29) is 24.0 Å². The second kappa shape index (κ2) is 6.34. The van der Waals surface area contributed by atoms with Crippen molar-refractivity contribution in [3.63, 3.8) is 0 Å². The van der Waals surface area contributed by atoms with E-state index in [2.05, 4.69) is 58.0 Å². The maximum Gasteiger partial charge on any atom is 0.274 e. The molecule has 8 nitrogen and oxygen atoms in total. The molecule has 0 saturated heterocycles. The van der Waals surface area contributed by atoms with Gasteiger partial charge in [-0.2, -0.15) is 10.1 Å². The van der Waals surface area contributed by atoms with Gasteiger partial charge in [-0.15, -0.1) is 16.4 Å². The Morgan fingerprint density at radius 2 is 2.15 bits per heavy atom. The zero-order valence-electron chi connectivity index (χ0n) is 14.2. The van der Waals surface area contributed by atoms with E-state index in [9.17, 15) is 9.59 Å². The predicted octanol–water partition coefficient (Wildman–Crippen LogP) is 2.28. The number of nitrogens with one attached hydrogen (secondary N) is 2. The van der Waals surface area contributed by atoms with E-state index < -0.39 is 5.91 Å². The molecule has 3 aromatic rings. The number of rotatable bonds is 3. The van der Waals surface area contributed by atoms with Gasteiger partial charge in [0.05, 0.1) is 5.69 Å². The van der Waals surface area contributed by atoms with Crippen molar-refractivity contribution in [2.75, 3.05) is 5.32 Å². The zero-order chi connectivity index (χ0) is 18.3. The van der Waals surface area contributed by atoms with Crippen LogP contribution in [0.5, 0.6) is 0 Å². The first-order chi connectivity index (χ1) is 12.5. The highest BCUT2D eigenvalue weighted by molar-refractivity contribution is 7.15. The van der Waals surface area contributed by atoms with Crippen LogP contribution in [0.3, 0.4) is 0 Å². The predicted molar refractivity (Wildman–Crippen MR) is 99.2 cm³/mol. The fourth-order valence-electron chi connectivity index (χ4n) is 2.83. The number of aromatic nitrogens is 3. The molecular weight excluding hydrogens is 352 g/mol. The average molecular weight is 368 g/mol. The van der Waals surface area contributed by atoms with Crippen molar-refractivity contribution in [3.05, 3.63) is 34.7 Å². The number of fused-ring (bicyclic) bond motifs is 1. The van der Waals surface area contributed by atoms with Crippen molar-refractivity contribution >= 4 is 39.8 Å². The van der Waals surface area contributed by atoms with Crippen molar-refractivity contribution in [3.8, 4) is 11.3 Å². The fraction of sp³-hybridized carbons (Fsp3) is 0.235. The highest BCUT2D eigenvalue weighted by Gasteiger charge is 2.20. The molecule has 0 radical (unpaired) electrons. The Bertz CT molecular complexity index is 1060. The van der Waals surface area contributed by atoms with Gasteiger partial charge < -0.3 is 0 Å². The number of thiazole rings is 1. The Hall–Kier alpha value is -3.07. The summed E-state index contributed by atoms with van der Waals surface area (Å²) >= 11 is 1.46. The second-order valence-electron chi connectivity index (χ2n) is 6.12. The Balaban J connectivity index is 1.62. The lowest BCUT2D eigenvalue weighted by atomic mass is 10.0. The molecule has 0 fully saturated rings. The summed E-state index contributed by atoms with van der Waals surface area (Å²) < 4.78 is 1.72. The van der Waals surface area contributed by atoms with Crippen LogP contribution in [0.4, 0.5) is 5.95 Å². The number of amides is 2. The highest BCUT2D eigenvalue weighted by Crippen LogP contribution is 2.28. The lowest BCUT2D eigenvalue weighted by Crippen LogP contribution is -2.33.